The van der Waals surface area contributed by atoms with Crippen molar-refractivity contribution in [3.63, 3.8) is 0 Å². The summed E-state index contributed by atoms with van der Waals surface area (Å²) in [5.74, 6) is 0.176. The third-order valence-corrected chi connectivity index (χ3v) is 4.00. The third-order valence-electron chi connectivity index (χ3n) is 2.08. The number of benzene rings is 1. The van der Waals surface area contributed by atoms with E-state index in [1.165, 1.54) is 6.07 Å². The largest absolute Gasteiger partial charge is 0.398 e. The minimum atomic E-state index is -3.13. The lowest BCUT2D eigenvalue weighted by molar-refractivity contribution is 0.595. The van der Waals surface area contributed by atoms with Gasteiger partial charge in [-0.05, 0) is 31.0 Å². The van der Waals surface area contributed by atoms with Crippen LogP contribution in [0.5, 0.6) is 0 Å². The van der Waals surface area contributed by atoms with Gasteiger partial charge in [-0.25, -0.2) is 8.42 Å². The SMILES string of the molecule is CCCS(=O)(=O)c1ccc(C)c(N)c1. The predicted molar refractivity (Wildman–Crippen MR) is 57.9 cm³/mol. The number of nitrogens with two attached hydrogens (primary N) is 1. The number of aryl methyl sites for hydroxylation is 1. The van der Waals surface area contributed by atoms with E-state index in [0.29, 0.717) is 17.0 Å². The summed E-state index contributed by atoms with van der Waals surface area (Å²) in [5.41, 5.74) is 7.08. The van der Waals surface area contributed by atoms with Crippen molar-refractivity contribution in [3.05, 3.63) is 23.8 Å². The predicted octanol–water partition coefficient (Wildman–Crippen LogP) is 1.76. The van der Waals surface area contributed by atoms with Gasteiger partial charge in [0.2, 0.25) is 0 Å². The molecule has 0 unspecified atom stereocenters. The molecule has 0 spiro atoms. The number of sulfone groups is 1. The van der Waals surface area contributed by atoms with Crippen molar-refractivity contribution in [2.75, 3.05) is 11.5 Å². The molecule has 0 aliphatic heterocycles. The van der Waals surface area contributed by atoms with Gasteiger partial charge < -0.3 is 5.73 Å². The maximum Gasteiger partial charge on any atom is 0.178 e. The Labute approximate surface area is 84.9 Å². The van der Waals surface area contributed by atoms with Crippen molar-refractivity contribution in [2.24, 2.45) is 0 Å². The maximum atomic E-state index is 11.6. The summed E-state index contributed by atoms with van der Waals surface area (Å²) in [4.78, 5) is 0.322. The lowest BCUT2D eigenvalue weighted by atomic mass is 10.2. The highest BCUT2D eigenvalue weighted by Crippen LogP contribution is 2.18. The summed E-state index contributed by atoms with van der Waals surface area (Å²) >= 11 is 0. The molecule has 0 fully saturated rings. The molecule has 0 aromatic heterocycles. The van der Waals surface area contributed by atoms with Crippen molar-refractivity contribution in [3.8, 4) is 0 Å². The second kappa shape index (κ2) is 4.00. The molecule has 0 saturated carbocycles. The number of anilines is 1. The van der Waals surface area contributed by atoms with E-state index in [2.05, 4.69) is 0 Å². The van der Waals surface area contributed by atoms with Crippen LogP contribution in [0.3, 0.4) is 0 Å². The summed E-state index contributed by atoms with van der Waals surface area (Å²) in [6.45, 7) is 3.70. The Morgan fingerprint density at radius 1 is 1.36 bits per heavy atom. The molecule has 1 aromatic carbocycles. The van der Waals surface area contributed by atoms with Gasteiger partial charge in [0, 0.05) is 5.69 Å². The molecule has 0 bridgehead atoms. The summed E-state index contributed by atoms with van der Waals surface area (Å²) in [7, 11) is -3.13. The van der Waals surface area contributed by atoms with E-state index in [1.807, 2.05) is 13.8 Å². The van der Waals surface area contributed by atoms with Gasteiger partial charge in [0.25, 0.3) is 0 Å². The third kappa shape index (κ3) is 2.26. The molecule has 0 aliphatic rings. The highest BCUT2D eigenvalue weighted by Gasteiger charge is 2.13. The minimum Gasteiger partial charge on any atom is -0.398 e. The molecule has 1 aromatic rings. The molecular formula is C10H15NO2S. The zero-order valence-corrected chi connectivity index (χ0v) is 9.26. The van der Waals surface area contributed by atoms with E-state index < -0.39 is 9.84 Å². The number of hydrogen-bond acceptors (Lipinski definition) is 3. The fourth-order valence-electron chi connectivity index (χ4n) is 1.20. The standard InChI is InChI=1S/C10H15NO2S/c1-3-6-14(12,13)9-5-4-8(2)10(11)7-9/h4-5,7H,3,6,11H2,1-2H3. The van der Waals surface area contributed by atoms with Gasteiger partial charge >= 0.3 is 0 Å². The van der Waals surface area contributed by atoms with Gasteiger partial charge in [0.1, 0.15) is 0 Å². The fourth-order valence-corrected chi connectivity index (χ4v) is 2.55. The average Bonchev–Trinajstić information content (AvgIpc) is 2.09. The Kier molecular flexibility index (Phi) is 3.16. The van der Waals surface area contributed by atoms with Crippen molar-refractivity contribution >= 4 is 15.5 Å². The van der Waals surface area contributed by atoms with E-state index in [9.17, 15) is 8.42 Å². The van der Waals surface area contributed by atoms with Crippen LogP contribution < -0.4 is 5.73 Å². The first kappa shape index (κ1) is 11.0. The Morgan fingerprint density at radius 3 is 2.50 bits per heavy atom. The van der Waals surface area contributed by atoms with Crippen molar-refractivity contribution in [1.82, 2.24) is 0 Å². The molecule has 0 saturated heterocycles. The zero-order valence-electron chi connectivity index (χ0n) is 8.45. The van der Waals surface area contributed by atoms with Crippen LogP contribution in [0.15, 0.2) is 23.1 Å². The van der Waals surface area contributed by atoms with Gasteiger partial charge in [-0.1, -0.05) is 13.0 Å². The van der Waals surface area contributed by atoms with Gasteiger partial charge in [-0.15, -0.1) is 0 Å². The first-order valence-corrected chi connectivity index (χ1v) is 6.21. The van der Waals surface area contributed by atoms with Crippen LogP contribution in [0.2, 0.25) is 0 Å². The van der Waals surface area contributed by atoms with Crippen LogP contribution in [0.4, 0.5) is 5.69 Å². The number of nitrogen functional groups attached to an aromatic ring is 1. The molecule has 2 N–H and O–H groups in total. The van der Waals surface area contributed by atoms with Gasteiger partial charge in [0.05, 0.1) is 10.6 Å². The van der Waals surface area contributed by atoms with Gasteiger partial charge in [-0.3, -0.25) is 0 Å². The maximum absolute atomic E-state index is 11.6. The zero-order chi connectivity index (χ0) is 10.8. The average molecular weight is 213 g/mol. The molecule has 0 aliphatic carbocycles. The van der Waals surface area contributed by atoms with E-state index in [0.717, 1.165) is 5.56 Å². The summed E-state index contributed by atoms with van der Waals surface area (Å²) in [5, 5.41) is 0. The molecule has 78 valence electrons. The van der Waals surface area contributed by atoms with Crippen molar-refractivity contribution < 1.29 is 8.42 Å². The molecule has 4 heteroatoms. The number of hydrogen-bond donors (Lipinski definition) is 1. The number of rotatable bonds is 3. The molecule has 0 radical (unpaired) electrons. The Bertz CT molecular complexity index is 424. The topological polar surface area (TPSA) is 60.2 Å². The smallest absolute Gasteiger partial charge is 0.178 e. The van der Waals surface area contributed by atoms with E-state index in [1.54, 1.807) is 12.1 Å². The first-order valence-electron chi connectivity index (χ1n) is 4.56. The van der Waals surface area contributed by atoms with Crippen molar-refractivity contribution in [1.29, 1.82) is 0 Å². The summed E-state index contributed by atoms with van der Waals surface area (Å²) < 4.78 is 23.3. The van der Waals surface area contributed by atoms with Crippen LogP contribution >= 0.6 is 0 Å². The summed E-state index contributed by atoms with van der Waals surface area (Å²) in [6.07, 6.45) is 0.621. The Hall–Kier alpha value is -1.03. The molecule has 0 heterocycles. The monoisotopic (exact) mass is 213 g/mol. The normalized spacial score (nSPS) is 11.6. The second-order valence-corrected chi connectivity index (χ2v) is 5.45. The molecule has 0 atom stereocenters. The lowest BCUT2D eigenvalue weighted by Gasteiger charge is -2.05. The first-order chi connectivity index (χ1) is 6.47. The highest BCUT2D eigenvalue weighted by molar-refractivity contribution is 7.91. The Balaban J connectivity index is 3.15. The van der Waals surface area contributed by atoms with E-state index in [-0.39, 0.29) is 5.75 Å². The lowest BCUT2D eigenvalue weighted by Crippen LogP contribution is -2.06. The van der Waals surface area contributed by atoms with E-state index >= 15 is 0 Å². The minimum absolute atomic E-state index is 0.176. The molecule has 0 amide bonds. The van der Waals surface area contributed by atoms with E-state index in [4.69, 9.17) is 5.73 Å². The quantitative estimate of drug-likeness (QED) is 0.778. The van der Waals surface area contributed by atoms with Crippen LogP contribution in [0.25, 0.3) is 0 Å². The molecule has 3 nitrogen and oxygen atoms in total. The van der Waals surface area contributed by atoms with Crippen LogP contribution in [0.1, 0.15) is 18.9 Å². The molecule has 1 rings (SSSR count). The highest BCUT2D eigenvalue weighted by atomic mass is 32.2. The van der Waals surface area contributed by atoms with Gasteiger partial charge in [0.15, 0.2) is 9.84 Å². The van der Waals surface area contributed by atoms with Crippen LogP contribution in [-0.2, 0) is 9.84 Å². The molecule has 14 heavy (non-hydrogen) atoms. The van der Waals surface area contributed by atoms with Crippen LogP contribution in [-0.4, -0.2) is 14.2 Å². The Morgan fingerprint density at radius 2 is 2.00 bits per heavy atom. The molecular weight excluding hydrogens is 198 g/mol. The fraction of sp³-hybridized carbons (Fsp3) is 0.400. The van der Waals surface area contributed by atoms with Crippen molar-refractivity contribution in [2.45, 2.75) is 25.2 Å². The van der Waals surface area contributed by atoms with Gasteiger partial charge in [-0.2, -0.15) is 0 Å². The second-order valence-electron chi connectivity index (χ2n) is 3.34. The van der Waals surface area contributed by atoms with Crippen LogP contribution in [0, 0.1) is 6.92 Å². The summed E-state index contributed by atoms with van der Waals surface area (Å²) in [6, 6.07) is 4.87.